The number of rotatable bonds is 3. The average Bonchev–Trinajstić information content (AvgIpc) is 3.06. The highest BCUT2D eigenvalue weighted by atomic mass is 35.5. The van der Waals surface area contributed by atoms with E-state index in [2.05, 4.69) is 34.1 Å². The van der Waals surface area contributed by atoms with Gasteiger partial charge in [-0.2, -0.15) is 0 Å². The molecule has 0 spiro atoms. The second-order valence-corrected chi connectivity index (χ2v) is 7.96. The van der Waals surface area contributed by atoms with Gasteiger partial charge in [0.2, 0.25) is 5.96 Å². The van der Waals surface area contributed by atoms with Crippen molar-refractivity contribution in [3.8, 4) is 0 Å². The van der Waals surface area contributed by atoms with E-state index in [1.807, 2.05) is 44.2 Å². The van der Waals surface area contributed by atoms with E-state index in [9.17, 15) is 4.79 Å². The summed E-state index contributed by atoms with van der Waals surface area (Å²) in [7, 11) is 0. The van der Waals surface area contributed by atoms with Gasteiger partial charge in [-0.05, 0) is 30.2 Å². The van der Waals surface area contributed by atoms with Gasteiger partial charge in [0, 0.05) is 31.9 Å². The molecule has 1 fully saturated rings. The number of carbonyl (C=O) groups excluding carboxylic acids is 1. The zero-order chi connectivity index (χ0) is 19.7. The molecule has 1 amide bonds. The molecule has 2 aromatic carbocycles. The molecular weight excluding hydrogens is 372 g/mol. The van der Waals surface area contributed by atoms with Gasteiger partial charge in [0.05, 0.1) is 10.7 Å². The van der Waals surface area contributed by atoms with Gasteiger partial charge in [0.15, 0.2) is 0 Å². The zero-order valence-corrected chi connectivity index (χ0v) is 17.0. The van der Waals surface area contributed by atoms with Crippen molar-refractivity contribution < 1.29 is 4.79 Å². The minimum absolute atomic E-state index is 0.00332. The van der Waals surface area contributed by atoms with Gasteiger partial charge in [-0.3, -0.25) is 4.79 Å². The van der Waals surface area contributed by atoms with Crippen molar-refractivity contribution in [3.63, 3.8) is 0 Å². The van der Waals surface area contributed by atoms with Gasteiger partial charge < -0.3 is 9.80 Å². The van der Waals surface area contributed by atoms with Crippen LogP contribution in [0.15, 0.2) is 59.6 Å². The Morgan fingerprint density at radius 1 is 0.929 bits per heavy atom. The van der Waals surface area contributed by atoms with E-state index in [1.165, 1.54) is 5.69 Å². The van der Waals surface area contributed by atoms with Crippen LogP contribution in [0.25, 0.3) is 0 Å². The lowest BCUT2D eigenvalue weighted by Crippen LogP contribution is -2.53. The zero-order valence-electron chi connectivity index (χ0n) is 16.3. The second kappa shape index (κ2) is 7.84. The van der Waals surface area contributed by atoms with Crippen LogP contribution in [0.3, 0.4) is 0 Å². The summed E-state index contributed by atoms with van der Waals surface area (Å²) in [5, 5.41) is 0.566. The topological polar surface area (TPSA) is 39.1 Å². The lowest BCUT2D eigenvalue weighted by molar-refractivity contribution is -0.119. The number of halogens is 1. The Morgan fingerprint density at radius 2 is 1.54 bits per heavy atom. The standard InChI is InChI=1S/C22H25ClN4O/c1-16(2)20-21(28)27(19-11-7-6-10-18(19)23)22(24-20)26-14-12-25(13-15-26)17-8-4-3-5-9-17/h3-11,16,20H,12-15H2,1-2H3/t20-/m0/s1. The molecule has 6 heteroatoms. The molecule has 5 nitrogen and oxygen atoms in total. The molecule has 2 aliphatic heterocycles. The van der Waals surface area contributed by atoms with E-state index < -0.39 is 0 Å². The van der Waals surface area contributed by atoms with Crippen molar-refractivity contribution in [1.29, 1.82) is 0 Å². The van der Waals surface area contributed by atoms with Crippen LogP contribution in [-0.4, -0.2) is 49.0 Å². The van der Waals surface area contributed by atoms with Gasteiger partial charge in [0.25, 0.3) is 5.91 Å². The monoisotopic (exact) mass is 396 g/mol. The van der Waals surface area contributed by atoms with E-state index in [0.29, 0.717) is 10.7 Å². The third-order valence-corrected chi connectivity index (χ3v) is 5.66. The van der Waals surface area contributed by atoms with Crippen molar-refractivity contribution in [2.45, 2.75) is 19.9 Å². The number of guanidine groups is 1. The van der Waals surface area contributed by atoms with Gasteiger partial charge in [-0.25, -0.2) is 9.89 Å². The van der Waals surface area contributed by atoms with E-state index >= 15 is 0 Å². The first kappa shape index (κ1) is 18.8. The Labute approximate surface area is 171 Å². The molecule has 1 atom stereocenters. The van der Waals surface area contributed by atoms with Crippen LogP contribution < -0.4 is 9.80 Å². The Balaban J connectivity index is 1.58. The number of nitrogens with zero attached hydrogens (tertiary/aromatic N) is 4. The van der Waals surface area contributed by atoms with Crippen LogP contribution in [0.2, 0.25) is 5.02 Å². The molecule has 4 rings (SSSR count). The van der Waals surface area contributed by atoms with E-state index in [-0.39, 0.29) is 17.9 Å². The molecule has 0 N–H and O–H groups in total. The summed E-state index contributed by atoms with van der Waals surface area (Å²) in [4.78, 5) is 24.3. The summed E-state index contributed by atoms with van der Waals surface area (Å²) in [5.41, 5.74) is 1.94. The van der Waals surface area contributed by atoms with E-state index in [4.69, 9.17) is 16.6 Å². The molecule has 28 heavy (non-hydrogen) atoms. The molecule has 1 saturated heterocycles. The summed E-state index contributed by atoms with van der Waals surface area (Å²) < 4.78 is 0. The van der Waals surface area contributed by atoms with E-state index in [1.54, 1.807) is 4.90 Å². The highest BCUT2D eigenvalue weighted by Gasteiger charge is 2.41. The Morgan fingerprint density at radius 3 is 2.18 bits per heavy atom. The number of carbonyl (C=O) groups is 1. The molecule has 0 aromatic heterocycles. The quantitative estimate of drug-likeness (QED) is 0.790. The van der Waals surface area contributed by atoms with Crippen LogP contribution in [0.1, 0.15) is 13.8 Å². The third kappa shape index (κ3) is 3.47. The second-order valence-electron chi connectivity index (χ2n) is 7.55. The maximum atomic E-state index is 13.2. The number of amides is 1. The number of hydrogen-bond donors (Lipinski definition) is 0. The van der Waals surface area contributed by atoms with Crippen LogP contribution in [0.4, 0.5) is 11.4 Å². The molecule has 0 bridgehead atoms. The highest BCUT2D eigenvalue weighted by Crippen LogP contribution is 2.32. The minimum atomic E-state index is -0.363. The summed E-state index contributed by atoms with van der Waals surface area (Å²) in [6.45, 7) is 7.47. The first-order valence-electron chi connectivity index (χ1n) is 9.77. The van der Waals surface area contributed by atoms with Gasteiger partial charge in [-0.1, -0.05) is 55.8 Å². The van der Waals surface area contributed by atoms with Gasteiger partial charge in [0.1, 0.15) is 6.04 Å². The summed E-state index contributed by atoms with van der Waals surface area (Å²) >= 11 is 6.43. The van der Waals surface area contributed by atoms with Crippen molar-refractivity contribution in [1.82, 2.24) is 4.90 Å². The lowest BCUT2D eigenvalue weighted by Gasteiger charge is -2.38. The first-order chi connectivity index (χ1) is 13.6. The fourth-order valence-corrected chi connectivity index (χ4v) is 4.01. The molecule has 2 heterocycles. The average molecular weight is 397 g/mol. The van der Waals surface area contributed by atoms with Gasteiger partial charge >= 0.3 is 0 Å². The Bertz CT molecular complexity index is 875. The Kier molecular flexibility index (Phi) is 5.27. The molecule has 2 aromatic rings. The summed E-state index contributed by atoms with van der Waals surface area (Å²) in [6, 6.07) is 17.6. The molecule has 0 unspecified atom stereocenters. The Hall–Kier alpha value is -2.53. The number of piperazine rings is 1. The molecule has 2 aliphatic rings. The van der Waals surface area contributed by atoms with Gasteiger partial charge in [-0.15, -0.1) is 0 Å². The largest absolute Gasteiger partial charge is 0.368 e. The van der Waals surface area contributed by atoms with Crippen LogP contribution >= 0.6 is 11.6 Å². The predicted molar refractivity (Wildman–Crippen MR) is 115 cm³/mol. The molecule has 0 saturated carbocycles. The summed E-state index contributed by atoms with van der Waals surface area (Å²) in [5.74, 6) is 0.869. The molecule has 0 radical (unpaired) electrons. The third-order valence-electron chi connectivity index (χ3n) is 5.34. The fraction of sp³-hybridized carbons (Fsp3) is 0.364. The number of hydrogen-bond acceptors (Lipinski definition) is 4. The maximum absolute atomic E-state index is 13.2. The molecule has 146 valence electrons. The smallest absolute Gasteiger partial charge is 0.259 e. The van der Waals surface area contributed by atoms with Crippen molar-refractivity contribution >= 4 is 34.8 Å². The normalized spacial score (nSPS) is 20.1. The number of aliphatic imine (C=N–C) groups is 1. The number of benzene rings is 2. The van der Waals surface area contributed by atoms with Crippen LogP contribution in [0, 0.1) is 5.92 Å². The SMILES string of the molecule is CC(C)[C@@H]1N=C(N2CCN(c3ccccc3)CC2)N(c2ccccc2Cl)C1=O. The summed E-state index contributed by atoms with van der Waals surface area (Å²) in [6.07, 6.45) is 0. The van der Waals surface area contributed by atoms with E-state index in [0.717, 1.165) is 32.1 Å². The van der Waals surface area contributed by atoms with Crippen molar-refractivity contribution in [2.75, 3.05) is 36.0 Å². The van der Waals surface area contributed by atoms with Crippen LogP contribution in [0.5, 0.6) is 0 Å². The lowest BCUT2D eigenvalue weighted by atomic mass is 10.0. The van der Waals surface area contributed by atoms with Crippen LogP contribution in [-0.2, 0) is 4.79 Å². The minimum Gasteiger partial charge on any atom is -0.368 e. The fourth-order valence-electron chi connectivity index (χ4n) is 3.79. The first-order valence-corrected chi connectivity index (χ1v) is 10.2. The van der Waals surface area contributed by atoms with Crippen molar-refractivity contribution in [2.24, 2.45) is 10.9 Å². The van der Waals surface area contributed by atoms with Crippen molar-refractivity contribution in [3.05, 3.63) is 59.6 Å². The highest BCUT2D eigenvalue weighted by molar-refractivity contribution is 6.36. The molecule has 0 aliphatic carbocycles. The number of anilines is 2. The maximum Gasteiger partial charge on any atom is 0.259 e. The number of para-hydroxylation sites is 2. The molecular formula is C22H25ClN4O. The predicted octanol–water partition coefficient (Wildman–Crippen LogP) is 3.89.